The summed E-state index contributed by atoms with van der Waals surface area (Å²) in [5.41, 5.74) is 1.10. The molecule has 1 saturated carbocycles. The Bertz CT molecular complexity index is 735. The van der Waals surface area contributed by atoms with E-state index in [2.05, 4.69) is 37.2 Å². The molecule has 0 aromatic carbocycles. The molecule has 0 atom stereocenters. The number of anilines is 3. The molecular weight excluding hydrogens is 338 g/mol. The second-order valence-electron chi connectivity index (χ2n) is 7.39. The van der Waals surface area contributed by atoms with Crippen LogP contribution in [-0.4, -0.2) is 42.1 Å². The fourth-order valence-corrected chi connectivity index (χ4v) is 3.97. The summed E-state index contributed by atoms with van der Waals surface area (Å²) in [5.74, 6) is 1.97. The monoisotopic (exact) mass is 365 g/mol. The average molecular weight is 365 g/mol. The molecule has 142 valence electrons. The third kappa shape index (κ3) is 4.38. The number of amides is 1. The molecule has 2 aromatic heterocycles. The Balaban J connectivity index is 1.31. The first-order valence-corrected chi connectivity index (χ1v) is 9.97. The molecule has 1 amide bonds. The van der Waals surface area contributed by atoms with Gasteiger partial charge in [0.15, 0.2) is 0 Å². The van der Waals surface area contributed by atoms with E-state index in [1.807, 2.05) is 30.6 Å². The third-order valence-electron chi connectivity index (χ3n) is 5.59. The van der Waals surface area contributed by atoms with Crippen molar-refractivity contribution in [2.75, 3.05) is 41.3 Å². The summed E-state index contributed by atoms with van der Waals surface area (Å²) in [6.07, 6.45) is 9.29. The van der Waals surface area contributed by atoms with Gasteiger partial charge in [-0.1, -0.05) is 25.3 Å². The number of carbonyl (C=O) groups is 1. The lowest BCUT2D eigenvalue weighted by atomic mass is 9.89. The lowest BCUT2D eigenvalue weighted by molar-refractivity contribution is -0.120. The van der Waals surface area contributed by atoms with Gasteiger partial charge in [-0.2, -0.15) is 0 Å². The molecule has 3 heterocycles. The Morgan fingerprint density at radius 3 is 2.37 bits per heavy atom. The van der Waals surface area contributed by atoms with Gasteiger partial charge in [-0.3, -0.25) is 4.79 Å². The Hall–Kier alpha value is -2.63. The lowest BCUT2D eigenvalue weighted by Gasteiger charge is -2.36. The minimum absolute atomic E-state index is 0.124. The number of rotatable bonds is 4. The summed E-state index contributed by atoms with van der Waals surface area (Å²) in [4.78, 5) is 25.9. The van der Waals surface area contributed by atoms with Crippen LogP contribution < -0.4 is 15.1 Å². The molecule has 1 aliphatic carbocycles. The van der Waals surface area contributed by atoms with Crippen LogP contribution in [0, 0.1) is 5.92 Å². The van der Waals surface area contributed by atoms with E-state index in [1.54, 1.807) is 0 Å². The molecule has 0 bridgehead atoms. The largest absolute Gasteiger partial charge is 0.367 e. The maximum atomic E-state index is 12.4. The third-order valence-corrected chi connectivity index (χ3v) is 5.59. The van der Waals surface area contributed by atoms with Crippen LogP contribution in [0.4, 0.5) is 17.3 Å². The molecule has 27 heavy (non-hydrogen) atoms. The number of aromatic nitrogens is 2. The summed E-state index contributed by atoms with van der Waals surface area (Å²) in [6.45, 7) is 3.76. The number of hydrogen-bond acceptors (Lipinski definition) is 5. The van der Waals surface area contributed by atoms with Gasteiger partial charge in [0.25, 0.3) is 0 Å². The van der Waals surface area contributed by atoms with Crippen LogP contribution in [0.5, 0.6) is 0 Å². The van der Waals surface area contributed by atoms with Crippen molar-refractivity contribution in [1.29, 1.82) is 0 Å². The first-order valence-electron chi connectivity index (χ1n) is 9.97. The van der Waals surface area contributed by atoms with E-state index in [-0.39, 0.29) is 11.8 Å². The van der Waals surface area contributed by atoms with Crippen LogP contribution in [0.15, 0.2) is 42.7 Å². The van der Waals surface area contributed by atoms with Crippen molar-refractivity contribution in [3.8, 4) is 0 Å². The first kappa shape index (κ1) is 17.8. The molecule has 4 rings (SSSR count). The predicted octanol–water partition coefficient (Wildman–Crippen LogP) is 3.32. The van der Waals surface area contributed by atoms with E-state index in [0.717, 1.165) is 63.4 Å². The topological polar surface area (TPSA) is 61.4 Å². The molecule has 2 aliphatic rings. The van der Waals surface area contributed by atoms with E-state index in [4.69, 9.17) is 0 Å². The van der Waals surface area contributed by atoms with Gasteiger partial charge in [-0.05, 0) is 37.1 Å². The van der Waals surface area contributed by atoms with E-state index >= 15 is 0 Å². The predicted molar refractivity (Wildman–Crippen MR) is 108 cm³/mol. The number of piperazine rings is 1. The average Bonchev–Trinajstić information content (AvgIpc) is 2.76. The van der Waals surface area contributed by atoms with Crippen LogP contribution in [-0.2, 0) is 4.79 Å². The minimum atomic E-state index is 0.124. The number of carbonyl (C=O) groups excluding carboxylic acids is 1. The maximum Gasteiger partial charge on any atom is 0.228 e. The molecular formula is C21H27N5O. The van der Waals surface area contributed by atoms with Crippen molar-refractivity contribution in [2.45, 2.75) is 32.1 Å². The van der Waals surface area contributed by atoms with Crippen molar-refractivity contribution in [2.24, 2.45) is 5.92 Å². The molecule has 2 fully saturated rings. The van der Waals surface area contributed by atoms with Crippen molar-refractivity contribution >= 4 is 23.2 Å². The highest BCUT2D eigenvalue weighted by atomic mass is 16.1. The first-order chi connectivity index (χ1) is 13.3. The standard InChI is InChI=1S/C21H27N5O/c27-21(17-6-2-1-3-7-17)24-19-10-9-18(16-23-19)25-12-14-26(15-13-25)20-8-4-5-11-22-20/h4-5,8-11,16-17H,1-3,6-7,12-15H2,(H,23,24,27). The van der Waals surface area contributed by atoms with Crippen LogP contribution in [0.2, 0.25) is 0 Å². The highest BCUT2D eigenvalue weighted by Crippen LogP contribution is 2.25. The fourth-order valence-electron chi connectivity index (χ4n) is 3.97. The summed E-state index contributed by atoms with van der Waals surface area (Å²) < 4.78 is 0. The quantitative estimate of drug-likeness (QED) is 0.901. The highest BCUT2D eigenvalue weighted by Gasteiger charge is 2.22. The molecule has 6 heteroatoms. The summed E-state index contributed by atoms with van der Waals surface area (Å²) in [7, 11) is 0. The zero-order chi connectivity index (χ0) is 18.5. The molecule has 1 N–H and O–H groups in total. The molecule has 1 aliphatic heterocycles. The molecule has 0 spiro atoms. The maximum absolute atomic E-state index is 12.4. The van der Waals surface area contributed by atoms with Crippen molar-refractivity contribution in [3.05, 3.63) is 42.7 Å². The molecule has 2 aromatic rings. The molecule has 6 nitrogen and oxygen atoms in total. The number of hydrogen-bond donors (Lipinski definition) is 1. The van der Waals surface area contributed by atoms with Crippen LogP contribution in [0.25, 0.3) is 0 Å². The summed E-state index contributed by atoms with van der Waals surface area (Å²) in [5, 5.41) is 2.99. The van der Waals surface area contributed by atoms with E-state index in [1.165, 1.54) is 6.42 Å². The highest BCUT2D eigenvalue weighted by molar-refractivity contribution is 5.91. The van der Waals surface area contributed by atoms with Gasteiger partial charge in [0.1, 0.15) is 11.6 Å². The fraction of sp³-hybridized carbons (Fsp3) is 0.476. The van der Waals surface area contributed by atoms with Gasteiger partial charge in [-0.15, -0.1) is 0 Å². The van der Waals surface area contributed by atoms with E-state index in [0.29, 0.717) is 5.82 Å². The zero-order valence-corrected chi connectivity index (χ0v) is 15.7. The van der Waals surface area contributed by atoms with Crippen molar-refractivity contribution < 1.29 is 4.79 Å². The van der Waals surface area contributed by atoms with Crippen LogP contribution in [0.3, 0.4) is 0 Å². The second kappa shape index (κ2) is 8.37. The Labute approximate surface area is 160 Å². The van der Waals surface area contributed by atoms with Gasteiger partial charge in [0.2, 0.25) is 5.91 Å². The SMILES string of the molecule is O=C(Nc1ccc(N2CCN(c3ccccn3)CC2)cn1)C1CCCCC1. The van der Waals surface area contributed by atoms with Gasteiger partial charge < -0.3 is 15.1 Å². The Morgan fingerprint density at radius 1 is 0.926 bits per heavy atom. The number of pyridine rings is 2. The van der Waals surface area contributed by atoms with Gasteiger partial charge in [0, 0.05) is 38.3 Å². The normalized spacial score (nSPS) is 18.4. The summed E-state index contributed by atoms with van der Waals surface area (Å²) >= 11 is 0. The Kier molecular flexibility index (Phi) is 5.51. The van der Waals surface area contributed by atoms with Crippen molar-refractivity contribution in [1.82, 2.24) is 9.97 Å². The zero-order valence-electron chi connectivity index (χ0n) is 15.7. The minimum Gasteiger partial charge on any atom is -0.367 e. The second-order valence-corrected chi connectivity index (χ2v) is 7.39. The summed E-state index contributed by atoms with van der Waals surface area (Å²) in [6, 6.07) is 10.0. The van der Waals surface area contributed by atoms with E-state index < -0.39 is 0 Å². The molecule has 0 unspecified atom stereocenters. The van der Waals surface area contributed by atoms with E-state index in [9.17, 15) is 4.79 Å². The smallest absolute Gasteiger partial charge is 0.228 e. The van der Waals surface area contributed by atoms with Crippen LogP contribution in [0.1, 0.15) is 32.1 Å². The number of nitrogens with zero attached hydrogens (tertiary/aromatic N) is 4. The van der Waals surface area contributed by atoms with Crippen LogP contribution >= 0.6 is 0 Å². The Morgan fingerprint density at radius 2 is 1.70 bits per heavy atom. The van der Waals surface area contributed by atoms with Gasteiger partial charge in [0.05, 0.1) is 11.9 Å². The molecule has 0 radical (unpaired) electrons. The molecule has 1 saturated heterocycles. The van der Waals surface area contributed by atoms with Gasteiger partial charge >= 0.3 is 0 Å². The lowest BCUT2D eigenvalue weighted by Crippen LogP contribution is -2.46. The number of nitrogens with one attached hydrogen (secondary N) is 1. The van der Waals surface area contributed by atoms with Gasteiger partial charge in [-0.25, -0.2) is 9.97 Å². The van der Waals surface area contributed by atoms with Crippen molar-refractivity contribution in [3.63, 3.8) is 0 Å².